The van der Waals surface area contributed by atoms with Crippen molar-refractivity contribution in [2.75, 3.05) is 16.8 Å². The minimum absolute atomic E-state index is 0.0374. The van der Waals surface area contributed by atoms with Crippen molar-refractivity contribution < 1.29 is 4.79 Å². The van der Waals surface area contributed by atoms with Crippen LogP contribution in [0, 0.1) is 0 Å². The van der Waals surface area contributed by atoms with Crippen LogP contribution in [0.15, 0.2) is 48.5 Å². The molecule has 0 atom stereocenters. The minimum atomic E-state index is -0.0374. The number of nitrogens with two attached hydrogens (primary N) is 1. The molecule has 2 aromatic rings. The van der Waals surface area contributed by atoms with Crippen molar-refractivity contribution in [1.29, 1.82) is 0 Å². The quantitative estimate of drug-likeness (QED) is 0.620. The number of nitrogen functional groups attached to an aromatic ring is 1. The zero-order chi connectivity index (χ0) is 15.1. The first-order chi connectivity index (χ1) is 10.1. The van der Waals surface area contributed by atoms with Gasteiger partial charge in [0.15, 0.2) is 0 Å². The average Bonchev–Trinajstić information content (AvgIpc) is 2.48. The maximum Gasteiger partial charge on any atom is 0.225 e. The van der Waals surface area contributed by atoms with Crippen molar-refractivity contribution >= 4 is 40.6 Å². The van der Waals surface area contributed by atoms with E-state index in [1.54, 1.807) is 30.0 Å². The number of rotatable bonds is 6. The van der Waals surface area contributed by atoms with Gasteiger partial charge in [0.2, 0.25) is 5.91 Å². The van der Waals surface area contributed by atoms with Crippen LogP contribution in [0.2, 0.25) is 5.02 Å². The smallest absolute Gasteiger partial charge is 0.225 e. The topological polar surface area (TPSA) is 55.1 Å². The van der Waals surface area contributed by atoms with Crippen molar-refractivity contribution in [3.63, 3.8) is 0 Å². The predicted octanol–water partition coefficient (Wildman–Crippen LogP) is 4.18. The van der Waals surface area contributed by atoms with Gasteiger partial charge >= 0.3 is 0 Å². The molecule has 0 saturated heterocycles. The Morgan fingerprint density at radius 2 is 1.95 bits per heavy atom. The molecular formula is C16H17ClN2OS. The van der Waals surface area contributed by atoms with E-state index >= 15 is 0 Å². The van der Waals surface area contributed by atoms with Gasteiger partial charge in [0, 0.05) is 22.9 Å². The lowest BCUT2D eigenvalue weighted by Crippen LogP contribution is -2.13. The largest absolute Gasteiger partial charge is 0.397 e. The molecular weight excluding hydrogens is 304 g/mol. The number of anilines is 2. The van der Waals surface area contributed by atoms with Gasteiger partial charge in [-0.2, -0.15) is 11.8 Å². The summed E-state index contributed by atoms with van der Waals surface area (Å²) in [5, 5.41) is 3.36. The number of amides is 1. The van der Waals surface area contributed by atoms with E-state index in [2.05, 4.69) is 17.4 Å². The van der Waals surface area contributed by atoms with Gasteiger partial charge in [-0.25, -0.2) is 0 Å². The van der Waals surface area contributed by atoms with Crippen molar-refractivity contribution in [2.45, 2.75) is 12.2 Å². The molecule has 1 amide bonds. The third kappa shape index (κ3) is 5.33. The molecule has 0 bridgehead atoms. The maximum absolute atomic E-state index is 11.8. The fourth-order valence-electron chi connectivity index (χ4n) is 1.79. The lowest BCUT2D eigenvalue weighted by Gasteiger charge is -2.08. The molecule has 0 aliphatic carbocycles. The molecule has 2 aromatic carbocycles. The van der Waals surface area contributed by atoms with Crippen LogP contribution < -0.4 is 11.1 Å². The molecule has 21 heavy (non-hydrogen) atoms. The van der Waals surface area contributed by atoms with E-state index in [9.17, 15) is 4.79 Å². The first-order valence-corrected chi connectivity index (χ1v) is 8.15. The molecule has 3 N–H and O–H groups in total. The van der Waals surface area contributed by atoms with E-state index in [1.165, 1.54) is 5.56 Å². The van der Waals surface area contributed by atoms with Crippen LogP contribution in [0.1, 0.15) is 12.0 Å². The van der Waals surface area contributed by atoms with Crippen LogP contribution in [0.4, 0.5) is 11.4 Å². The monoisotopic (exact) mass is 320 g/mol. The van der Waals surface area contributed by atoms with E-state index in [-0.39, 0.29) is 5.91 Å². The SMILES string of the molecule is Nc1cc(Cl)ccc1NC(=O)CCSCc1ccccc1. The van der Waals surface area contributed by atoms with E-state index in [4.69, 9.17) is 17.3 Å². The summed E-state index contributed by atoms with van der Waals surface area (Å²) in [6.45, 7) is 0. The highest BCUT2D eigenvalue weighted by Gasteiger charge is 2.05. The number of nitrogens with one attached hydrogen (secondary N) is 1. The van der Waals surface area contributed by atoms with Gasteiger partial charge in [0.05, 0.1) is 11.4 Å². The zero-order valence-corrected chi connectivity index (χ0v) is 13.1. The predicted molar refractivity (Wildman–Crippen MR) is 91.7 cm³/mol. The maximum atomic E-state index is 11.8. The Balaban J connectivity index is 1.72. The third-order valence-corrected chi connectivity index (χ3v) is 4.14. The average molecular weight is 321 g/mol. The fourth-order valence-corrected chi connectivity index (χ4v) is 2.87. The van der Waals surface area contributed by atoms with Crippen LogP contribution in [0.3, 0.4) is 0 Å². The Hall–Kier alpha value is -1.65. The summed E-state index contributed by atoms with van der Waals surface area (Å²) in [5.41, 5.74) is 8.15. The molecule has 0 heterocycles. The summed E-state index contributed by atoms with van der Waals surface area (Å²) in [6, 6.07) is 15.3. The highest BCUT2D eigenvalue weighted by molar-refractivity contribution is 7.98. The number of halogens is 1. The van der Waals surface area contributed by atoms with Gasteiger partial charge < -0.3 is 11.1 Å². The molecule has 0 fully saturated rings. The van der Waals surface area contributed by atoms with E-state index < -0.39 is 0 Å². The Labute approximate surface area is 133 Å². The second-order valence-corrected chi connectivity index (χ2v) is 6.11. The first-order valence-electron chi connectivity index (χ1n) is 6.61. The second kappa shape index (κ2) is 7.96. The molecule has 5 heteroatoms. The highest BCUT2D eigenvalue weighted by Crippen LogP contribution is 2.23. The molecule has 0 aliphatic rings. The number of thioether (sulfide) groups is 1. The van der Waals surface area contributed by atoms with E-state index in [1.807, 2.05) is 18.2 Å². The van der Waals surface area contributed by atoms with Gasteiger partial charge in [-0.1, -0.05) is 41.9 Å². The Morgan fingerprint density at radius 1 is 1.19 bits per heavy atom. The summed E-state index contributed by atoms with van der Waals surface area (Å²) in [5.74, 6) is 1.65. The van der Waals surface area contributed by atoms with Crippen molar-refractivity contribution in [3.05, 3.63) is 59.1 Å². The number of benzene rings is 2. The molecule has 0 spiro atoms. The van der Waals surface area contributed by atoms with Crippen molar-refractivity contribution in [3.8, 4) is 0 Å². The highest BCUT2D eigenvalue weighted by atomic mass is 35.5. The summed E-state index contributed by atoms with van der Waals surface area (Å²) < 4.78 is 0. The summed E-state index contributed by atoms with van der Waals surface area (Å²) in [7, 11) is 0. The minimum Gasteiger partial charge on any atom is -0.397 e. The van der Waals surface area contributed by atoms with Crippen LogP contribution in [-0.2, 0) is 10.5 Å². The first kappa shape index (κ1) is 15.7. The molecule has 0 radical (unpaired) electrons. The van der Waals surface area contributed by atoms with E-state index in [0.29, 0.717) is 22.8 Å². The molecule has 110 valence electrons. The zero-order valence-electron chi connectivity index (χ0n) is 11.5. The lowest BCUT2D eigenvalue weighted by molar-refractivity contribution is -0.115. The van der Waals surface area contributed by atoms with E-state index in [0.717, 1.165) is 11.5 Å². The third-order valence-electron chi connectivity index (χ3n) is 2.87. The number of carbonyl (C=O) groups is 1. The Kier molecular flexibility index (Phi) is 5.96. The Morgan fingerprint density at radius 3 is 2.67 bits per heavy atom. The number of hydrogen-bond acceptors (Lipinski definition) is 3. The fraction of sp³-hybridized carbons (Fsp3) is 0.188. The van der Waals surface area contributed by atoms with Crippen LogP contribution in [0.5, 0.6) is 0 Å². The molecule has 0 aliphatic heterocycles. The second-order valence-electron chi connectivity index (χ2n) is 4.57. The summed E-state index contributed by atoms with van der Waals surface area (Å²) in [4.78, 5) is 11.8. The van der Waals surface area contributed by atoms with Crippen LogP contribution in [0.25, 0.3) is 0 Å². The summed E-state index contributed by atoms with van der Waals surface area (Å²) >= 11 is 7.56. The van der Waals surface area contributed by atoms with Crippen molar-refractivity contribution in [1.82, 2.24) is 0 Å². The van der Waals surface area contributed by atoms with Gasteiger partial charge in [0.25, 0.3) is 0 Å². The number of carbonyl (C=O) groups excluding carboxylic acids is 1. The van der Waals surface area contributed by atoms with Crippen LogP contribution >= 0.6 is 23.4 Å². The van der Waals surface area contributed by atoms with Gasteiger partial charge in [-0.05, 0) is 23.8 Å². The molecule has 3 nitrogen and oxygen atoms in total. The van der Waals surface area contributed by atoms with Gasteiger partial charge in [-0.15, -0.1) is 0 Å². The molecule has 0 aromatic heterocycles. The standard InChI is InChI=1S/C16H17ClN2OS/c17-13-6-7-15(14(18)10-13)19-16(20)8-9-21-11-12-4-2-1-3-5-12/h1-7,10H,8-9,11,18H2,(H,19,20). The molecule has 0 saturated carbocycles. The molecule has 2 rings (SSSR count). The summed E-state index contributed by atoms with van der Waals surface area (Å²) in [6.07, 6.45) is 0.458. The Bertz CT molecular complexity index is 604. The lowest BCUT2D eigenvalue weighted by atomic mass is 10.2. The number of hydrogen-bond donors (Lipinski definition) is 2. The van der Waals surface area contributed by atoms with Crippen molar-refractivity contribution in [2.24, 2.45) is 0 Å². The van der Waals surface area contributed by atoms with Gasteiger partial charge in [-0.3, -0.25) is 4.79 Å². The normalized spacial score (nSPS) is 10.3. The van der Waals surface area contributed by atoms with Crippen LogP contribution in [-0.4, -0.2) is 11.7 Å². The van der Waals surface area contributed by atoms with Gasteiger partial charge in [0.1, 0.15) is 0 Å². The molecule has 0 unspecified atom stereocenters.